The first-order valence-corrected chi connectivity index (χ1v) is 8.36. The van der Waals surface area contributed by atoms with Gasteiger partial charge in [-0.1, -0.05) is 6.07 Å². The molecule has 0 aliphatic rings. The quantitative estimate of drug-likeness (QED) is 0.427. The lowest BCUT2D eigenvalue weighted by Crippen LogP contribution is -2.36. The van der Waals surface area contributed by atoms with Crippen LogP contribution in [0.1, 0.15) is 27.4 Å². The molecule has 0 unspecified atom stereocenters. The van der Waals surface area contributed by atoms with Crippen LogP contribution in [-0.2, 0) is 13.1 Å². The summed E-state index contributed by atoms with van der Waals surface area (Å²) in [6.45, 7) is 8.50. The fourth-order valence-corrected chi connectivity index (χ4v) is 3.18. The van der Waals surface area contributed by atoms with Crippen molar-refractivity contribution in [2.75, 3.05) is 6.54 Å². The van der Waals surface area contributed by atoms with Gasteiger partial charge >= 0.3 is 0 Å². The molecule has 2 rings (SSSR count). The molecule has 0 aliphatic heterocycles. The number of aliphatic imine (C=N–C) groups is 1. The lowest BCUT2D eigenvalue weighted by molar-refractivity contribution is 0.811. The first kappa shape index (κ1) is 18.4. The smallest absolute Gasteiger partial charge is 0.191 e. The Morgan fingerprint density at radius 1 is 1.33 bits per heavy atom. The second kappa shape index (κ2) is 9.37. The average molecular weight is 436 g/mol. The van der Waals surface area contributed by atoms with Crippen LogP contribution in [0.25, 0.3) is 0 Å². The van der Waals surface area contributed by atoms with Crippen LogP contribution in [0.4, 0.5) is 0 Å². The van der Waals surface area contributed by atoms with Crippen molar-refractivity contribution in [1.29, 1.82) is 0 Å². The van der Waals surface area contributed by atoms with E-state index in [0.29, 0.717) is 6.54 Å². The summed E-state index contributed by atoms with van der Waals surface area (Å²) in [5, 5.41) is 9.76. The highest BCUT2D eigenvalue weighted by Crippen LogP contribution is 2.16. The van der Waals surface area contributed by atoms with E-state index in [1.165, 1.54) is 9.75 Å². The number of hydrogen-bond acceptors (Lipinski definition) is 4. The Morgan fingerprint density at radius 3 is 2.71 bits per heavy atom. The Bertz CT molecular complexity index is 544. The highest BCUT2D eigenvalue weighted by molar-refractivity contribution is 14.0. The van der Waals surface area contributed by atoms with Crippen molar-refractivity contribution in [3.63, 3.8) is 0 Å². The summed E-state index contributed by atoms with van der Waals surface area (Å²) < 4.78 is 0. The number of guanidine groups is 1. The predicted octanol–water partition coefficient (Wildman–Crippen LogP) is 3.69. The fourth-order valence-electron chi connectivity index (χ4n) is 1.68. The monoisotopic (exact) mass is 436 g/mol. The third kappa shape index (κ3) is 5.91. The molecule has 2 aromatic rings. The van der Waals surface area contributed by atoms with Crippen LogP contribution in [0.5, 0.6) is 0 Å². The Balaban J connectivity index is 0.00000220. The number of thiophene rings is 1. The topological polar surface area (TPSA) is 49.3 Å². The number of halogens is 1. The number of aryl methyl sites for hydroxylation is 2. The zero-order chi connectivity index (χ0) is 14.4. The summed E-state index contributed by atoms with van der Waals surface area (Å²) in [4.78, 5) is 11.7. The molecule has 0 spiro atoms. The second-order valence-corrected chi connectivity index (χ2v) is 6.70. The minimum Gasteiger partial charge on any atom is -0.357 e. The molecule has 0 saturated heterocycles. The largest absolute Gasteiger partial charge is 0.357 e. The molecule has 0 aromatic carbocycles. The zero-order valence-corrected chi connectivity index (χ0v) is 16.4. The number of rotatable bonds is 5. The summed E-state index contributed by atoms with van der Waals surface area (Å²) in [5.41, 5.74) is 1.12. The Labute approximate surface area is 151 Å². The highest BCUT2D eigenvalue weighted by Gasteiger charge is 2.04. The molecule has 0 amide bonds. The van der Waals surface area contributed by atoms with Crippen molar-refractivity contribution >= 4 is 52.6 Å². The summed E-state index contributed by atoms with van der Waals surface area (Å²) in [7, 11) is 0. The third-order valence-corrected chi connectivity index (χ3v) is 4.73. The van der Waals surface area contributed by atoms with Crippen LogP contribution in [0.15, 0.2) is 22.5 Å². The minimum atomic E-state index is 0. The van der Waals surface area contributed by atoms with Crippen LogP contribution in [0.3, 0.4) is 0 Å². The molecular formula is C14H21IN4S2. The molecule has 0 saturated carbocycles. The van der Waals surface area contributed by atoms with Crippen molar-refractivity contribution in [3.05, 3.63) is 38.0 Å². The number of aromatic nitrogens is 1. The van der Waals surface area contributed by atoms with Gasteiger partial charge < -0.3 is 10.6 Å². The van der Waals surface area contributed by atoms with Crippen molar-refractivity contribution < 1.29 is 0 Å². The lowest BCUT2D eigenvalue weighted by Gasteiger charge is -2.09. The van der Waals surface area contributed by atoms with Gasteiger partial charge in [-0.3, -0.25) is 0 Å². The first-order valence-electron chi connectivity index (χ1n) is 6.66. The van der Waals surface area contributed by atoms with Gasteiger partial charge in [0.2, 0.25) is 0 Å². The van der Waals surface area contributed by atoms with Crippen molar-refractivity contribution in [2.45, 2.75) is 33.9 Å². The average Bonchev–Trinajstić information content (AvgIpc) is 3.04. The summed E-state index contributed by atoms with van der Waals surface area (Å²) in [5.74, 6) is 0.839. The molecule has 0 bridgehead atoms. The second-order valence-electron chi connectivity index (χ2n) is 4.38. The van der Waals surface area contributed by atoms with Gasteiger partial charge in [-0.25, -0.2) is 9.98 Å². The van der Waals surface area contributed by atoms with Crippen LogP contribution < -0.4 is 10.6 Å². The summed E-state index contributed by atoms with van der Waals surface area (Å²) >= 11 is 3.47. The predicted molar refractivity (Wildman–Crippen MR) is 103 cm³/mol. The normalized spacial score (nSPS) is 11.1. The number of nitrogens with zero attached hydrogens (tertiary/aromatic N) is 2. The van der Waals surface area contributed by atoms with Gasteiger partial charge in [0.05, 0.1) is 18.8 Å². The lowest BCUT2D eigenvalue weighted by atomic mass is 10.4. The van der Waals surface area contributed by atoms with E-state index < -0.39 is 0 Å². The molecular weight excluding hydrogens is 415 g/mol. The van der Waals surface area contributed by atoms with E-state index in [1.807, 2.05) is 6.92 Å². The molecule has 7 heteroatoms. The molecule has 116 valence electrons. The number of hydrogen-bond donors (Lipinski definition) is 2. The maximum Gasteiger partial charge on any atom is 0.191 e. The summed E-state index contributed by atoms with van der Waals surface area (Å²) in [6, 6.07) is 4.16. The van der Waals surface area contributed by atoms with E-state index in [4.69, 9.17) is 0 Å². The van der Waals surface area contributed by atoms with Crippen molar-refractivity contribution in [3.8, 4) is 0 Å². The van der Waals surface area contributed by atoms with E-state index in [-0.39, 0.29) is 24.0 Å². The number of nitrogens with one attached hydrogen (secondary N) is 2. The Hall–Kier alpha value is -0.670. The van der Waals surface area contributed by atoms with Crippen molar-refractivity contribution in [1.82, 2.24) is 15.6 Å². The molecule has 2 N–H and O–H groups in total. The van der Waals surface area contributed by atoms with E-state index in [2.05, 4.69) is 52.0 Å². The molecule has 2 heterocycles. The van der Waals surface area contributed by atoms with E-state index >= 15 is 0 Å². The number of thiazole rings is 1. The third-order valence-electron chi connectivity index (χ3n) is 2.80. The van der Waals surface area contributed by atoms with Gasteiger partial charge in [0.15, 0.2) is 5.96 Å². The molecule has 0 radical (unpaired) electrons. The molecule has 21 heavy (non-hydrogen) atoms. The molecule has 2 aromatic heterocycles. The van der Waals surface area contributed by atoms with Gasteiger partial charge in [-0.2, -0.15) is 0 Å². The van der Waals surface area contributed by atoms with Crippen LogP contribution >= 0.6 is 46.7 Å². The fraction of sp³-hybridized carbons (Fsp3) is 0.429. The molecule has 0 fully saturated rings. The van der Waals surface area contributed by atoms with Crippen LogP contribution in [0, 0.1) is 13.8 Å². The molecule has 0 atom stereocenters. The first-order chi connectivity index (χ1) is 9.69. The standard InChI is InChI=1S/C14H20N4S2.HI/c1-4-15-14(16-8-12-6-5-7-19-12)17-9-13-18-10(2)11(3)20-13;/h5-7H,4,8-9H2,1-3H3,(H2,15,16,17);1H. The van der Waals surface area contributed by atoms with Gasteiger partial charge in [-0.15, -0.1) is 46.7 Å². The zero-order valence-electron chi connectivity index (χ0n) is 12.5. The molecule has 4 nitrogen and oxygen atoms in total. The van der Waals surface area contributed by atoms with E-state index in [1.54, 1.807) is 22.7 Å². The molecule has 0 aliphatic carbocycles. The maximum absolute atomic E-state index is 4.58. The van der Waals surface area contributed by atoms with Gasteiger partial charge in [0.1, 0.15) is 5.01 Å². The van der Waals surface area contributed by atoms with Crippen LogP contribution in [0.2, 0.25) is 0 Å². The van der Waals surface area contributed by atoms with Gasteiger partial charge in [0.25, 0.3) is 0 Å². The van der Waals surface area contributed by atoms with E-state index in [0.717, 1.165) is 29.8 Å². The Morgan fingerprint density at radius 2 is 2.14 bits per heavy atom. The summed E-state index contributed by atoms with van der Waals surface area (Å²) in [6.07, 6.45) is 0. The van der Waals surface area contributed by atoms with Gasteiger partial charge in [-0.05, 0) is 32.2 Å². The van der Waals surface area contributed by atoms with Gasteiger partial charge in [0, 0.05) is 16.3 Å². The van der Waals surface area contributed by atoms with E-state index in [9.17, 15) is 0 Å². The van der Waals surface area contributed by atoms with Crippen molar-refractivity contribution in [2.24, 2.45) is 4.99 Å². The maximum atomic E-state index is 4.58. The van der Waals surface area contributed by atoms with Crippen LogP contribution in [-0.4, -0.2) is 17.5 Å². The SMILES string of the molecule is CCNC(=NCc1cccs1)NCc1nc(C)c(C)s1.I. The minimum absolute atomic E-state index is 0. The highest BCUT2D eigenvalue weighted by atomic mass is 127. The Kier molecular flexibility index (Phi) is 8.20.